The Balaban J connectivity index is 2.59. The lowest BCUT2D eigenvalue weighted by Crippen LogP contribution is -2.21. The second-order valence-electron chi connectivity index (χ2n) is 4.67. The van der Waals surface area contributed by atoms with Gasteiger partial charge in [0.2, 0.25) is 0 Å². The van der Waals surface area contributed by atoms with Crippen LogP contribution in [0.4, 0.5) is 0 Å². The molecule has 0 unspecified atom stereocenters. The van der Waals surface area contributed by atoms with Gasteiger partial charge in [-0.15, -0.1) is 0 Å². The molecule has 0 bridgehead atoms. The minimum atomic E-state index is -0.197. The highest BCUT2D eigenvalue weighted by molar-refractivity contribution is 5.81. The van der Waals surface area contributed by atoms with Crippen LogP contribution in [0.15, 0.2) is 28.9 Å². The molecule has 2 aromatic rings. The lowest BCUT2D eigenvalue weighted by atomic mass is 9.85. The second-order valence-corrected chi connectivity index (χ2v) is 4.67. The van der Waals surface area contributed by atoms with Crippen molar-refractivity contribution >= 4 is 11.0 Å². The average Bonchev–Trinajstić information content (AvgIpc) is 2.60. The van der Waals surface area contributed by atoms with Crippen molar-refractivity contribution in [1.82, 2.24) is 0 Å². The molecule has 0 aliphatic rings. The van der Waals surface area contributed by atoms with Gasteiger partial charge in [0.15, 0.2) is 0 Å². The fourth-order valence-electron chi connectivity index (χ4n) is 1.67. The molecular formula is C13H16O2. The standard InChI is InChI=1S/C13H16O2/c1-9-7-15-12-5-4-10(6-11(9)12)13(2,3)8-14/h4-7,14H,8H2,1-3H3. The quantitative estimate of drug-likeness (QED) is 0.815. The van der Waals surface area contributed by atoms with Crippen LogP contribution in [0, 0.1) is 6.92 Å². The monoisotopic (exact) mass is 204 g/mol. The number of benzene rings is 1. The number of aliphatic hydroxyl groups is 1. The smallest absolute Gasteiger partial charge is 0.134 e. The molecule has 0 saturated heterocycles. The number of fused-ring (bicyclic) bond motifs is 1. The van der Waals surface area contributed by atoms with Gasteiger partial charge in [0, 0.05) is 10.8 Å². The molecule has 0 atom stereocenters. The summed E-state index contributed by atoms with van der Waals surface area (Å²) in [5.41, 5.74) is 2.99. The molecular weight excluding hydrogens is 188 g/mol. The highest BCUT2D eigenvalue weighted by Gasteiger charge is 2.20. The van der Waals surface area contributed by atoms with Crippen molar-refractivity contribution in [2.45, 2.75) is 26.2 Å². The van der Waals surface area contributed by atoms with Crippen LogP contribution in [0.25, 0.3) is 11.0 Å². The molecule has 0 amide bonds. The number of furan rings is 1. The van der Waals surface area contributed by atoms with Crippen molar-refractivity contribution in [1.29, 1.82) is 0 Å². The first-order valence-corrected chi connectivity index (χ1v) is 5.14. The Hall–Kier alpha value is -1.28. The number of rotatable bonds is 2. The number of aliphatic hydroxyl groups excluding tert-OH is 1. The van der Waals surface area contributed by atoms with Crippen LogP contribution in [0.3, 0.4) is 0 Å². The van der Waals surface area contributed by atoms with E-state index in [2.05, 4.69) is 6.07 Å². The molecule has 2 rings (SSSR count). The minimum absolute atomic E-state index is 0.148. The highest BCUT2D eigenvalue weighted by Crippen LogP contribution is 2.28. The SMILES string of the molecule is Cc1coc2ccc(C(C)(C)CO)cc12. The fraction of sp³-hybridized carbons (Fsp3) is 0.385. The molecule has 0 fully saturated rings. The van der Waals surface area contributed by atoms with Crippen LogP contribution in [0.2, 0.25) is 0 Å². The van der Waals surface area contributed by atoms with Crippen molar-refractivity contribution in [3.63, 3.8) is 0 Å². The lowest BCUT2D eigenvalue weighted by molar-refractivity contribution is 0.218. The van der Waals surface area contributed by atoms with Gasteiger partial charge in [0.25, 0.3) is 0 Å². The molecule has 0 radical (unpaired) electrons. The predicted octanol–water partition coefficient (Wildman–Crippen LogP) is 3.01. The summed E-state index contributed by atoms with van der Waals surface area (Å²) in [6.07, 6.45) is 1.76. The Labute approximate surface area is 89.5 Å². The maximum atomic E-state index is 9.32. The number of hydrogen-bond donors (Lipinski definition) is 1. The van der Waals surface area contributed by atoms with E-state index in [-0.39, 0.29) is 12.0 Å². The van der Waals surface area contributed by atoms with E-state index in [1.165, 1.54) is 0 Å². The lowest BCUT2D eigenvalue weighted by Gasteiger charge is -2.22. The molecule has 1 aromatic heterocycles. The summed E-state index contributed by atoms with van der Waals surface area (Å²) in [5.74, 6) is 0. The van der Waals surface area contributed by atoms with E-state index < -0.39 is 0 Å². The summed E-state index contributed by atoms with van der Waals surface area (Å²) in [7, 11) is 0. The third kappa shape index (κ3) is 1.65. The normalized spacial score (nSPS) is 12.3. The van der Waals surface area contributed by atoms with E-state index in [0.29, 0.717) is 0 Å². The van der Waals surface area contributed by atoms with Crippen LogP contribution in [-0.4, -0.2) is 11.7 Å². The summed E-state index contributed by atoms with van der Waals surface area (Å²) in [4.78, 5) is 0. The maximum absolute atomic E-state index is 9.32. The van der Waals surface area contributed by atoms with E-state index in [1.807, 2.05) is 32.9 Å². The zero-order chi connectivity index (χ0) is 11.1. The molecule has 80 valence electrons. The Kier molecular flexibility index (Phi) is 2.31. The van der Waals surface area contributed by atoms with Crippen molar-refractivity contribution < 1.29 is 9.52 Å². The minimum Gasteiger partial charge on any atom is -0.464 e. The zero-order valence-electron chi connectivity index (χ0n) is 9.37. The first-order valence-electron chi connectivity index (χ1n) is 5.14. The van der Waals surface area contributed by atoms with Gasteiger partial charge in [0.05, 0.1) is 12.9 Å². The molecule has 0 aliphatic carbocycles. The van der Waals surface area contributed by atoms with Crippen LogP contribution in [0.1, 0.15) is 25.0 Å². The highest BCUT2D eigenvalue weighted by atomic mass is 16.3. The topological polar surface area (TPSA) is 33.4 Å². The molecule has 0 saturated carbocycles. The molecule has 1 aromatic carbocycles. The largest absolute Gasteiger partial charge is 0.464 e. The van der Waals surface area contributed by atoms with Crippen molar-refractivity contribution in [2.24, 2.45) is 0 Å². The zero-order valence-corrected chi connectivity index (χ0v) is 9.37. The number of hydrogen-bond acceptors (Lipinski definition) is 2. The van der Waals surface area contributed by atoms with Crippen molar-refractivity contribution in [2.75, 3.05) is 6.61 Å². The predicted molar refractivity (Wildman–Crippen MR) is 61.1 cm³/mol. The molecule has 0 spiro atoms. The van der Waals surface area contributed by atoms with Crippen molar-refractivity contribution in [3.05, 3.63) is 35.6 Å². The van der Waals surface area contributed by atoms with Gasteiger partial charge in [-0.25, -0.2) is 0 Å². The van der Waals surface area contributed by atoms with Crippen molar-refractivity contribution in [3.8, 4) is 0 Å². The first-order chi connectivity index (χ1) is 7.04. The van der Waals surface area contributed by atoms with E-state index in [4.69, 9.17) is 4.42 Å². The van der Waals surface area contributed by atoms with Gasteiger partial charge in [-0.2, -0.15) is 0 Å². The van der Waals surface area contributed by atoms with Gasteiger partial charge >= 0.3 is 0 Å². The van der Waals surface area contributed by atoms with E-state index in [0.717, 1.165) is 22.1 Å². The maximum Gasteiger partial charge on any atom is 0.134 e. The summed E-state index contributed by atoms with van der Waals surface area (Å²) < 4.78 is 5.39. The third-order valence-electron chi connectivity index (χ3n) is 2.94. The summed E-state index contributed by atoms with van der Waals surface area (Å²) >= 11 is 0. The molecule has 2 heteroatoms. The Morgan fingerprint density at radius 2 is 2.07 bits per heavy atom. The summed E-state index contributed by atoms with van der Waals surface area (Å²) in [6.45, 7) is 6.24. The van der Waals surface area contributed by atoms with Crippen LogP contribution in [0.5, 0.6) is 0 Å². The average molecular weight is 204 g/mol. The first kappa shape index (κ1) is 10.2. The van der Waals surface area contributed by atoms with Gasteiger partial charge in [-0.05, 0) is 30.2 Å². The van der Waals surface area contributed by atoms with E-state index in [9.17, 15) is 5.11 Å². The Morgan fingerprint density at radius 3 is 2.73 bits per heavy atom. The van der Waals surface area contributed by atoms with E-state index >= 15 is 0 Å². The Morgan fingerprint density at radius 1 is 1.33 bits per heavy atom. The van der Waals surface area contributed by atoms with E-state index in [1.54, 1.807) is 6.26 Å². The number of aryl methyl sites for hydroxylation is 1. The van der Waals surface area contributed by atoms with Gasteiger partial charge in [-0.3, -0.25) is 0 Å². The van der Waals surface area contributed by atoms with Gasteiger partial charge in [0.1, 0.15) is 5.58 Å². The molecule has 2 nitrogen and oxygen atoms in total. The fourth-order valence-corrected chi connectivity index (χ4v) is 1.67. The Bertz CT molecular complexity index is 480. The van der Waals surface area contributed by atoms with Gasteiger partial charge in [-0.1, -0.05) is 19.9 Å². The van der Waals surface area contributed by atoms with Gasteiger partial charge < -0.3 is 9.52 Å². The molecule has 0 aliphatic heterocycles. The molecule has 1 N–H and O–H groups in total. The molecule has 1 heterocycles. The molecule has 15 heavy (non-hydrogen) atoms. The van der Waals surface area contributed by atoms with Crippen LogP contribution < -0.4 is 0 Å². The van der Waals surface area contributed by atoms with Crippen LogP contribution in [-0.2, 0) is 5.41 Å². The second kappa shape index (κ2) is 3.38. The summed E-state index contributed by atoms with van der Waals surface area (Å²) in [5, 5.41) is 10.4. The third-order valence-corrected chi connectivity index (χ3v) is 2.94. The summed E-state index contributed by atoms with van der Waals surface area (Å²) in [6, 6.07) is 6.08. The van der Waals surface area contributed by atoms with Crippen LogP contribution >= 0.6 is 0 Å².